The van der Waals surface area contributed by atoms with Crippen LogP contribution in [0, 0.1) is 0 Å². The molecule has 0 radical (unpaired) electrons. The standard InChI is InChI=1S/C12H13ClN2S/c1-12(2,3)9-7-5-4-6-8(9)10-14-15-11(13)16-10/h4-7H,1-3H3. The van der Waals surface area contributed by atoms with Crippen molar-refractivity contribution < 1.29 is 0 Å². The van der Waals surface area contributed by atoms with Crippen LogP contribution in [0.1, 0.15) is 26.3 Å². The van der Waals surface area contributed by atoms with Crippen LogP contribution in [0.3, 0.4) is 0 Å². The Balaban J connectivity index is 2.57. The molecule has 0 unspecified atom stereocenters. The van der Waals surface area contributed by atoms with E-state index in [-0.39, 0.29) is 5.41 Å². The minimum Gasteiger partial charge on any atom is -0.137 e. The Morgan fingerprint density at radius 1 is 1.12 bits per heavy atom. The maximum Gasteiger partial charge on any atom is 0.207 e. The molecule has 0 fully saturated rings. The Kier molecular flexibility index (Phi) is 3.00. The van der Waals surface area contributed by atoms with Crippen LogP contribution in [0.15, 0.2) is 24.3 Å². The van der Waals surface area contributed by atoms with Gasteiger partial charge in [-0.2, -0.15) is 0 Å². The average molecular weight is 253 g/mol. The van der Waals surface area contributed by atoms with E-state index >= 15 is 0 Å². The molecule has 0 aliphatic carbocycles. The third-order valence-electron chi connectivity index (χ3n) is 2.37. The van der Waals surface area contributed by atoms with Gasteiger partial charge in [0.25, 0.3) is 0 Å². The highest BCUT2D eigenvalue weighted by Gasteiger charge is 2.19. The lowest BCUT2D eigenvalue weighted by Crippen LogP contribution is -2.12. The van der Waals surface area contributed by atoms with Crippen molar-refractivity contribution in [3.8, 4) is 10.6 Å². The molecule has 1 aromatic carbocycles. The largest absolute Gasteiger partial charge is 0.207 e. The van der Waals surface area contributed by atoms with Crippen molar-refractivity contribution in [2.75, 3.05) is 0 Å². The summed E-state index contributed by atoms with van der Waals surface area (Å²) >= 11 is 7.24. The number of nitrogens with zero attached hydrogens (tertiary/aromatic N) is 2. The highest BCUT2D eigenvalue weighted by molar-refractivity contribution is 7.18. The van der Waals surface area contributed by atoms with Gasteiger partial charge >= 0.3 is 0 Å². The van der Waals surface area contributed by atoms with E-state index in [2.05, 4.69) is 43.1 Å². The summed E-state index contributed by atoms with van der Waals surface area (Å²) in [4.78, 5) is 0. The highest BCUT2D eigenvalue weighted by Crippen LogP contribution is 2.34. The molecule has 0 saturated carbocycles. The van der Waals surface area contributed by atoms with Gasteiger partial charge in [0.05, 0.1) is 0 Å². The van der Waals surface area contributed by atoms with E-state index < -0.39 is 0 Å². The van der Waals surface area contributed by atoms with E-state index in [4.69, 9.17) is 11.6 Å². The summed E-state index contributed by atoms with van der Waals surface area (Å²) in [5.41, 5.74) is 2.48. The number of benzene rings is 1. The van der Waals surface area contributed by atoms with Crippen LogP contribution in [0.4, 0.5) is 0 Å². The summed E-state index contributed by atoms with van der Waals surface area (Å²) in [5, 5.41) is 8.83. The van der Waals surface area contributed by atoms with E-state index in [1.165, 1.54) is 16.9 Å². The maximum absolute atomic E-state index is 5.82. The third kappa shape index (κ3) is 2.25. The van der Waals surface area contributed by atoms with Crippen molar-refractivity contribution in [2.24, 2.45) is 0 Å². The van der Waals surface area contributed by atoms with E-state index in [0.717, 1.165) is 10.6 Å². The van der Waals surface area contributed by atoms with Crippen LogP contribution in [-0.2, 0) is 5.41 Å². The molecule has 0 bridgehead atoms. The molecule has 0 spiro atoms. The van der Waals surface area contributed by atoms with Crippen LogP contribution in [0.5, 0.6) is 0 Å². The molecule has 0 aliphatic rings. The molecule has 2 rings (SSSR count). The van der Waals surface area contributed by atoms with Crippen molar-refractivity contribution in [3.05, 3.63) is 34.3 Å². The quantitative estimate of drug-likeness (QED) is 0.762. The molecule has 0 N–H and O–H groups in total. The molecule has 1 heterocycles. The first-order chi connectivity index (χ1) is 7.48. The first-order valence-electron chi connectivity index (χ1n) is 5.07. The molecule has 0 saturated heterocycles. The molecule has 1 aromatic heterocycles. The molecule has 0 amide bonds. The number of hydrogen-bond acceptors (Lipinski definition) is 3. The van der Waals surface area contributed by atoms with Crippen molar-refractivity contribution in [2.45, 2.75) is 26.2 Å². The zero-order valence-corrected chi connectivity index (χ0v) is 11.1. The number of halogens is 1. The third-order valence-corrected chi connectivity index (χ3v) is 3.42. The maximum atomic E-state index is 5.82. The van der Waals surface area contributed by atoms with Crippen LogP contribution < -0.4 is 0 Å². The normalized spacial score (nSPS) is 11.8. The predicted molar refractivity (Wildman–Crippen MR) is 69.1 cm³/mol. The van der Waals surface area contributed by atoms with Gasteiger partial charge in [0.2, 0.25) is 4.47 Å². The molecule has 2 nitrogen and oxygen atoms in total. The lowest BCUT2D eigenvalue weighted by Gasteiger charge is -2.21. The Hall–Kier alpha value is -0.930. The summed E-state index contributed by atoms with van der Waals surface area (Å²) in [6, 6.07) is 8.26. The second-order valence-corrected chi connectivity index (χ2v) is 6.22. The zero-order valence-electron chi connectivity index (χ0n) is 9.49. The van der Waals surface area contributed by atoms with Crippen LogP contribution in [0.25, 0.3) is 10.6 Å². The van der Waals surface area contributed by atoms with Gasteiger partial charge in [-0.3, -0.25) is 0 Å². The summed E-state index contributed by atoms with van der Waals surface area (Å²) in [7, 11) is 0. The molecule has 16 heavy (non-hydrogen) atoms. The van der Waals surface area contributed by atoms with Gasteiger partial charge in [0.1, 0.15) is 5.01 Å². The summed E-state index contributed by atoms with van der Waals surface area (Å²) < 4.78 is 0.485. The Labute approximate surface area is 104 Å². The lowest BCUT2D eigenvalue weighted by atomic mass is 9.84. The summed E-state index contributed by atoms with van der Waals surface area (Å²) in [6.45, 7) is 6.57. The molecule has 2 aromatic rings. The topological polar surface area (TPSA) is 25.8 Å². The van der Waals surface area contributed by atoms with Crippen LogP contribution in [-0.4, -0.2) is 10.2 Å². The first-order valence-corrected chi connectivity index (χ1v) is 6.27. The van der Waals surface area contributed by atoms with E-state index in [9.17, 15) is 0 Å². The van der Waals surface area contributed by atoms with Crippen molar-refractivity contribution in [1.29, 1.82) is 0 Å². The van der Waals surface area contributed by atoms with Gasteiger partial charge in [-0.15, -0.1) is 10.2 Å². The smallest absolute Gasteiger partial charge is 0.137 e. The Bertz CT molecular complexity index is 500. The SMILES string of the molecule is CC(C)(C)c1ccccc1-c1nnc(Cl)s1. The van der Waals surface area contributed by atoms with Gasteiger partial charge in [-0.05, 0) is 22.6 Å². The minimum atomic E-state index is 0.0920. The second kappa shape index (κ2) is 4.15. The molecule has 0 aliphatic heterocycles. The zero-order chi connectivity index (χ0) is 11.8. The molecular weight excluding hydrogens is 240 g/mol. The lowest BCUT2D eigenvalue weighted by molar-refractivity contribution is 0.592. The monoisotopic (exact) mass is 252 g/mol. The predicted octanol–water partition coefficient (Wildman–Crippen LogP) is 4.16. The van der Waals surface area contributed by atoms with Crippen molar-refractivity contribution in [3.63, 3.8) is 0 Å². The number of hydrogen-bond donors (Lipinski definition) is 0. The molecular formula is C12H13ClN2S. The van der Waals surface area contributed by atoms with Gasteiger partial charge in [0.15, 0.2) is 0 Å². The first kappa shape index (κ1) is 11.6. The fourth-order valence-electron chi connectivity index (χ4n) is 1.64. The average Bonchev–Trinajstić information content (AvgIpc) is 2.64. The van der Waals surface area contributed by atoms with Gasteiger partial charge in [-0.1, -0.05) is 56.4 Å². The van der Waals surface area contributed by atoms with E-state index in [1.807, 2.05) is 12.1 Å². The summed E-state index contributed by atoms with van der Waals surface area (Å²) in [6.07, 6.45) is 0. The second-order valence-electron chi connectivity index (χ2n) is 4.66. The molecule has 84 valence electrons. The van der Waals surface area contributed by atoms with Crippen LogP contribution >= 0.6 is 22.9 Å². The van der Waals surface area contributed by atoms with Crippen LogP contribution in [0.2, 0.25) is 4.47 Å². The highest BCUT2D eigenvalue weighted by atomic mass is 35.5. The van der Waals surface area contributed by atoms with E-state index in [1.54, 1.807) is 0 Å². The minimum absolute atomic E-state index is 0.0920. The molecule has 4 heteroatoms. The van der Waals surface area contributed by atoms with Gasteiger partial charge in [-0.25, -0.2) is 0 Å². The van der Waals surface area contributed by atoms with Crippen molar-refractivity contribution >= 4 is 22.9 Å². The molecule has 0 atom stereocenters. The fraction of sp³-hybridized carbons (Fsp3) is 0.333. The fourth-order valence-corrected chi connectivity index (χ4v) is 2.51. The Morgan fingerprint density at radius 3 is 2.38 bits per heavy atom. The van der Waals surface area contributed by atoms with Gasteiger partial charge < -0.3 is 0 Å². The summed E-state index contributed by atoms with van der Waals surface area (Å²) in [5.74, 6) is 0. The van der Waals surface area contributed by atoms with E-state index in [0.29, 0.717) is 4.47 Å². The number of rotatable bonds is 1. The van der Waals surface area contributed by atoms with Gasteiger partial charge in [0, 0.05) is 5.56 Å². The number of aromatic nitrogens is 2. The Morgan fingerprint density at radius 2 is 1.81 bits per heavy atom. The van der Waals surface area contributed by atoms with Crippen molar-refractivity contribution in [1.82, 2.24) is 10.2 Å².